The maximum atomic E-state index is 11.6. The summed E-state index contributed by atoms with van der Waals surface area (Å²) in [6.07, 6.45) is 0.433. The molecule has 0 aliphatic rings. The first-order chi connectivity index (χ1) is 13.5. The van der Waals surface area contributed by atoms with Crippen LogP contribution in [-0.2, 0) is 11.2 Å². The van der Waals surface area contributed by atoms with Crippen molar-refractivity contribution in [2.75, 3.05) is 7.11 Å². The average Bonchev–Trinajstić information content (AvgIpc) is 3.28. The molecule has 0 bridgehead atoms. The quantitative estimate of drug-likeness (QED) is 0.480. The van der Waals surface area contributed by atoms with Gasteiger partial charge in [-0.3, -0.25) is 4.79 Å². The van der Waals surface area contributed by atoms with E-state index in [9.17, 15) is 9.59 Å². The Morgan fingerprint density at radius 1 is 1.04 bits per heavy atom. The normalized spacial score (nSPS) is 11.0. The lowest BCUT2D eigenvalue weighted by Crippen LogP contribution is -2.05. The molecule has 0 atom stereocenters. The zero-order valence-corrected chi connectivity index (χ0v) is 15.2. The van der Waals surface area contributed by atoms with Gasteiger partial charge in [0.15, 0.2) is 0 Å². The number of hydrogen-bond acceptors (Lipinski definition) is 3. The molecule has 2 aromatic heterocycles. The fourth-order valence-electron chi connectivity index (χ4n) is 3.36. The number of aromatic nitrogens is 3. The zero-order chi connectivity index (χ0) is 19.7. The van der Waals surface area contributed by atoms with Gasteiger partial charge in [-0.2, -0.15) is 0 Å². The summed E-state index contributed by atoms with van der Waals surface area (Å²) in [5, 5.41) is 9.09. The van der Waals surface area contributed by atoms with Crippen molar-refractivity contribution in [3.8, 4) is 22.7 Å². The van der Waals surface area contributed by atoms with Gasteiger partial charge in [-0.05, 0) is 66.6 Å². The number of imidazole rings is 1. The van der Waals surface area contributed by atoms with Gasteiger partial charge in [-0.15, -0.1) is 0 Å². The van der Waals surface area contributed by atoms with E-state index in [-0.39, 0.29) is 12.1 Å². The van der Waals surface area contributed by atoms with E-state index in [1.165, 1.54) is 0 Å². The Balaban J connectivity index is 1.85. The number of aromatic amines is 2. The minimum absolute atomic E-state index is 0.0370. The van der Waals surface area contributed by atoms with Crippen LogP contribution >= 0.6 is 0 Å². The minimum atomic E-state index is -0.843. The average molecular weight is 377 g/mol. The summed E-state index contributed by atoms with van der Waals surface area (Å²) in [5.41, 5.74) is 4.79. The molecule has 0 unspecified atom stereocenters. The molecule has 2 heterocycles. The summed E-state index contributed by atoms with van der Waals surface area (Å²) in [5.74, 6) is -0.0801. The number of carboxylic acid groups (broad SMARTS) is 1. The van der Waals surface area contributed by atoms with Gasteiger partial charge in [0.2, 0.25) is 0 Å². The predicted molar refractivity (Wildman–Crippen MR) is 106 cm³/mol. The van der Waals surface area contributed by atoms with E-state index < -0.39 is 5.97 Å². The van der Waals surface area contributed by atoms with Gasteiger partial charge in [-0.1, -0.05) is 0 Å². The van der Waals surface area contributed by atoms with Crippen molar-refractivity contribution in [2.24, 2.45) is 0 Å². The molecular weight excluding hydrogens is 358 g/mol. The lowest BCUT2D eigenvalue weighted by Gasteiger charge is -2.14. The molecular formula is C21H19N3O4. The molecule has 0 spiro atoms. The lowest BCUT2D eigenvalue weighted by atomic mass is 10.1. The van der Waals surface area contributed by atoms with Gasteiger partial charge >= 0.3 is 11.7 Å². The molecule has 28 heavy (non-hydrogen) atoms. The summed E-state index contributed by atoms with van der Waals surface area (Å²) in [4.78, 5) is 28.2. The van der Waals surface area contributed by atoms with Gasteiger partial charge < -0.3 is 24.4 Å². The van der Waals surface area contributed by atoms with Crippen molar-refractivity contribution in [3.05, 3.63) is 70.8 Å². The van der Waals surface area contributed by atoms with Crippen LogP contribution in [0, 0.1) is 0 Å². The monoisotopic (exact) mass is 377 g/mol. The van der Waals surface area contributed by atoms with Crippen LogP contribution in [-0.4, -0.2) is 32.7 Å². The Kier molecular flexibility index (Phi) is 4.49. The van der Waals surface area contributed by atoms with Crippen LogP contribution in [0.25, 0.3) is 28.0 Å². The summed E-state index contributed by atoms with van der Waals surface area (Å²) >= 11 is 0. The lowest BCUT2D eigenvalue weighted by molar-refractivity contribution is -0.136. The number of methoxy groups -OCH3 is 1. The largest absolute Gasteiger partial charge is 0.497 e. The van der Waals surface area contributed by atoms with E-state index in [0.29, 0.717) is 11.9 Å². The highest BCUT2D eigenvalue weighted by Gasteiger charge is 2.14. The van der Waals surface area contributed by atoms with Crippen LogP contribution in [0.15, 0.2) is 59.4 Å². The highest BCUT2D eigenvalue weighted by Crippen LogP contribution is 2.29. The number of ether oxygens (including phenoxy) is 1. The molecule has 142 valence electrons. The van der Waals surface area contributed by atoms with Crippen molar-refractivity contribution in [2.45, 2.75) is 12.8 Å². The maximum absolute atomic E-state index is 11.6. The van der Waals surface area contributed by atoms with Gasteiger partial charge in [0, 0.05) is 11.4 Å². The van der Waals surface area contributed by atoms with Crippen LogP contribution in [0.4, 0.5) is 0 Å². The van der Waals surface area contributed by atoms with Crippen molar-refractivity contribution in [1.82, 2.24) is 14.5 Å². The third-order valence-corrected chi connectivity index (χ3v) is 4.70. The molecule has 0 aliphatic carbocycles. The first-order valence-corrected chi connectivity index (χ1v) is 8.84. The van der Waals surface area contributed by atoms with E-state index in [0.717, 1.165) is 33.9 Å². The van der Waals surface area contributed by atoms with Gasteiger partial charge in [0.05, 0.1) is 30.3 Å². The molecule has 0 radical (unpaired) electrons. The Hall–Kier alpha value is -3.74. The number of nitrogens with one attached hydrogen (secondary N) is 2. The molecule has 0 amide bonds. The van der Waals surface area contributed by atoms with Gasteiger partial charge in [0.1, 0.15) is 5.75 Å². The number of aliphatic carboxylic acids is 1. The molecule has 0 saturated heterocycles. The molecule has 0 aliphatic heterocycles. The fraction of sp³-hybridized carbons (Fsp3) is 0.143. The molecule has 0 saturated carbocycles. The van der Waals surface area contributed by atoms with E-state index in [1.807, 2.05) is 59.2 Å². The number of carbonyl (C=O) groups is 1. The summed E-state index contributed by atoms with van der Waals surface area (Å²) in [6, 6.07) is 17.2. The summed E-state index contributed by atoms with van der Waals surface area (Å²) in [7, 11) is 1.62. The fourth-order valence-corrected chi connectivity index (χ4v) is 3.36. The maximum Gasteiger partial charge on any atom is 0.323 e. The predicted octanol–water partition coefficient (Wildman–Crippen LogP) is 3.34. The molecule has 4 rings (SSSR count). The van der Waals surface area contributed by atoms with Crippen molar-refractivity contribution in [3.63, 3.8) is 0 Å². The van der Waals surface area contributed by atoms with Crippen molar-refractivity contribution >= 4 is 17.0 Å². The molecule has 7 nitrogen and oxygen atoms in total. The first-order valence-electron chi connectivity index (χ1n) is 8.84. The second kappa shape index (κ2) is 7.11. The number of aryl methyl sites for hydroxylation is 1. The van der Waals surface area contributed by atoms with E-state index in [1.54, 1.807) is 7.11 Å². The Bertz CT molecular complexity index is 1200. The number of hydrogen-bond donors (Lipinski definition) is 3. The number of carboxylic acids is 1. The number of H-pyrrole nitrogens is 2. The Labute approximate surface area is 160 Å². The second-order valence-electron chi connectivity index (χ2n) is 6.48. The number of benzene rings is 2. The summed E-state index contributed by atoms with van der Waals surface area (Å²) < 4.78 is 7.25. The van der Waals surface area contributed by atoms with Crippen LogP contribution in [0.5, 0.6) is 5.75 Å². The first kappa shape index (κ1) is 17.7. The molecule has 2 aromatic carbocycles. The molecule has 4 aromatic rings. The Morgan fingerprint density at radius 2 is 1.79 bits per heavy atom. The highest BCUT2D eigenvalue weighted by molar-refractivity contribution is 5.78. The molecule has 0 fully saturated rings. The van der Waals surface area contributed by atoms with Crippen LogP contribution < -0.4 is 10.4 Å². The van der Waals surface area contributed by atoms with E-state index in [2.05, 4.69) is 9.97 Å². The van der Waals surface area contributed by atoms with Crippen molar-refractivity contribution in [1.29, 1.82) is 0 Å². The van der Waals surface area contributed by atoms with Crippen LogP contribution in [0.3, 0.4) is 0 Å². The topological polar surface area (TPSA) is 100 Å². The standard InChI is InChI=1S/C21H19N3O4/c1-28-16-7-2-13(3-8-16)19-10-5-14(6-11-20(25)26)24(19)15-4-9-17-18(12-15)23-21(27)22-17/h2-5,7-10,12H,6,11H2,1H3,(H,25,26)(H2,22,23,27). The zero-order valence-electron chi connectivity index (χ0n) is 15.2. The van der Waals surface area contributed by atoms with Crippen LogP contribution in [0.2, 0.25) is 0 Å². The van der Waals surface area contributed by atoms with Crippen LogP contribution in [0.1, 0.15) is 12.1 Å². The third-order valence-electron chi connectivity index (χ3n) is 4.70. The van der Waals surface area contributed by atoms with E-state index in [4.69, 9.17) is 9.84 Å². The number of nitrogens with zero attached hydrogens (tertiary/aromatic N) is 1. The van der Waals surface area contributed by atoms with E-state index >= 15 is 0 Å². The second-order valence-corrected chi connectivity index (χ2v) is 6.48. The van der Waals surface area contributed by atoms with Gasteiger partial charge in [-0.25, -0.2) is 4.79 Å². The van der Waals surface area contributed by atoms with Gasteiger partial charge in [0.25, 0.3) is 0 Å². The smallest absolute Gasteiger partial charge is 0.323 e. The molecule has 7 heteroatoms. The number of rotatable bonds is 6. The third kappa shape index (κ3) is 3.29. The Morgan fingerprint density at radius 3 is 2.50 bits per heavy atom. The highest BCUT2D eigenvalue weighted by atomic mass is 16.5. The van der Waals surface area contributed by atoms with Crippen molar-refractivity contribution < 1.29 is 14.6 Å². The molecule has 3 N–H and O–H groups in total. The number of fused-ring (bicyclic) bond motifs is 1. The minimum Gasteiger partial charge on any atom is -0.497 e. The summed E-state index contributed by atoms with van der Waals surface area (Å²) in [6.45, 7) is 0. The SMILES string of the molecule is COc1ccc(-c2ccc(CCC(=O)O)n2-c2ccc3[nH]c(=O)[nH]c3c2)cc1.